The molecular formula is C5H10ClNO4. The first kappa shape index (κ1) is 10.5. The van der Waals surface area contributed by atoms with Gasteiger partial charge in [0, 0.05) is 0 Å². The first-order valence-corrected chi connectivity index (χ1v) is 3.49. The molecule has 0 aliphatic rings. The van der Waals surface area contributed by atoms with E-state index in [9.17, 15) is 4.79 Å². The molecule has 0 aliphatic heterocycles. The summed E-state index contributed by atoms with van der Waals surface area (Å²) in [6.45, 7) is -0.472. The topological polar surface area (TPSA) is 89.8 Å². The summed E-state index contributed by atoms with van der Waals surface area (Å²) in [5.41, 5.74) is 0. The first-order valence-electron chi connectivity index (χ1n) is 2.96. The molecule has 0 unspecified atom stereocenters. The molecule has 0 saturated carbocycles. The fourth-order valence-corrected chi connectivity index (χ4v) is 0.745. The molecule has 0 radical (unpaired) electrons. The SMILES string of the molecule is O=C(O)N[C@@H](CO)[C@H](O)CCl. The van der Waals surface area contributed by atoms with Gasteiger partial charge >= 0.3 is 6.09 Å². The molecule has 0 spiro atoms. The maximum Gasteiger partial charge on any atom is 0.405 e. The number of alkyl halides is 1. The van der Waals surface area contributed by atoms with Crippen LogP contribution in [0.3, 0.4) is 0 Å². The minimum atomic E-state index is -1.30. The van der Waals surface area contributed by atoms with E-state index in [1.165, 1.54) is 0 Å². The summed E-state index contributed by atoms with van der Waals surface area (Å²) in [5.74, 6) is -0.120. The third-order valence-electron chi connectivity index (χ3n) is 1.13. The summed E-state index contributed by atoms with van der Waals surface area (Å²) in [6.07, 6.45) is -2.36. The van der Waals surface area contributed by atoms with Crippen molar-refractivity contribution in [2.45, 2.75) is 12.1 Å². The molecule has 0 aliphatic carbocycles. The quantitative estimate of drug-likeness (QED) is 0.430. The van der Waals surface area contributed by atoms with Gasteiger partial charge in [0.1, 0.15) is 0 Å². The van der Waals surface area contributed by atoms with Crippen LogP contribution in [0.5, 0.6) is 0 Å². The second-order valence-electron chi connectivity index (χ2n) is 1.96. The lowest BCUT2D eigenvalue weighted by atomic mass is 10.2. The Kier molecular flexibility index (Phi) is 4.93. The summed E-state index contributed by atoms with van der Waals surface area (Å²) >= 11 is 5.21. The fourth-order valence-electron chi connectivity index (χ4n) is 0.530. The van der Waals surface area contributed by atoms with Gasteiger partial charge in [0.25, 0.3) is 0 Å². The molecule has 0 aromatic rings. The molecule has 5 nitrogen and oxygen atoms in total. The predicted octanol–water partition coefficient (Wildman–Crippen LogP) is -0.785. The molecule has 0 rings (SSSR count). The van der Waals surface area contributed by atoms with Crippen molar-refractivity contribution in [2.75, 3.05) is 12.5 Å². The zero-order chi connectivity index (χ0) is 8.85. The van der Waals surface area contributed by atoms with Crippen LogP contribution in [0.1, 0.15) is 0 Å². The van der Waals surface area contributed by atoms with E-state index in [1.54, 1.807) is 0 Å². The molecule has 0 aromatic carbocycles. The van der Waals surface area contributed by atoms with Crippen LogP contribution in [-0.4, -0.2) is 46.0 Å². The van der Waals surface area contributed by atoms with Gasteiger partial charge in [-0.25, -0.2) is 4.79 Å². The van der Waals surface area contributed by atoms with Crippen molar-refractivity contribution in [3.05, 3.63) is 0 Å². The molecule has 66 valence electrons. The molecule has 0 heterocycles. The lowest BCUT2D eigenvalue weighted by Crippen LogP contribution is -2.46. The minimum absolute atomic E-state index is 0.120. The van der Waals surface area contributed by atoms with Crippen molar-refractivity contribution in [3.63, 3.8) is 0 Å². The normalized spacial score (nSPS) is 15.5. The van der Waals surface area contributed by atoms with Crippen LogP contribution in [0, 0.1) is 0 Å². The molecule has 11 heavy (non-hydrogen) atoms. The third kappa shape index (κ3) is 4.02. The van der Waals surface area contributed by atoms with Crippen LogP contribution >= 0.6 is 11.6 Å². The van der Waals surface area contributed by atoms with E-state index in [4.69, 9.17) is 26.9 Å². The maximum absolute atomic E-state index is 10.0. The Hall–Kier alpha value is -0.520. The first-order chi connectivity index (χ1) is 5.11. The van der Waals surface area contributed by atoms with E-state index < -0.39 is 24.8 Å². The molecule has 2 atom stereocenters. The molecular weight excluding hydrogens is 174 g/mol. The lowest BCUT2D eigenvalue weighted by Gasteiger charge is -2.17. The Labute approximate surface area is 68.6 Å². The van der Waals surface area contributed by atoms with Gasteiger partial charge in [-0.15, -0.1) is 11.6 Å². The van der Waals surface area contributed by atoms with Gasteiger partial charge < -0.3 is 20.6 Å². The van der Waals surface area contributed by atoms with Crippen molar-refractivity contribution in [3.8, 4) is 0 Å². The summed E-state index contributed by atoms with van der Waals surface area (Å²) < 4.78 is 0. The zero-order valence-corrected chi connectivity index (χ0v) is 6.45. The van der Waals surface area contributed by atoms with E-state index in [1.807, 2.05) is 5.32 Å². The monoisotopic (exact) mass is 183 g/mol. The summed E-state index contributed by atoms with van der Waals surface area (Å²) in [7, 11) is 0. The molecule has 0 bridgehead atoms. The number of nitrogens with one attached hydrogen (secondary N) is 1. The number of carbonyl (C=O) groups is 1. The highest BCUT2D eigenvalue weighted by Gasteiger charge is 2.18. The van der Waals surface area contributed by atoms with Gasteiger partial charge in [0.05, 0.1) is 24.6 Å². The van der Waals surface area contributed by atoms with Crippen molar-refractivity contribution in [1.82, 2.24) is 5.32 Å². The number of aliphatic hydroxyl groups is 2. The zero-order valence-electron chi connectivity index (χ0n) is 5.70. The highest BCUT2D eigenvalue weighted by Crippen LogP contribution is 1.95. The molecule has 0 saturated heterocycles. The number of amides is 1. The predicted molar refractivity (Wildman–Crippen MR) is 38.8 cm³/mol. The van der Waals surface area contributed by atoms with E-state index in [2.05, 4.69) is 0 Å². The van der Waals surface area contributed by atoms with E-state index in [0.717, 1.165) is 0 Å². The van der Waals surface area contributed by atoms with Crippen LogP contribution < -0.4 is 5.32 Å². The van der Waals surface area contributed by atoms with Gasteiger partial charge in [-0.3, -0.25) is 0 Å². The largest absolute Gasteiger partial charge is 0.465 e. The van der Waals surface area contributed by atoms with Gasteiger partial charge in [-0.2, -0.15) is 0 Å². The summed E-state index contributed by atoms with van der Waals surface area (Å²) in [5, 5.41) is 27.6. The molecule has 6 heteroatoms. The number of aliphatic hydroxyl groups excluding tert-OH is 2. The van der Waals surface area contributed by atoms with E-state index >= 15 is 0 Å². The molecule has 4 N–H and O–H groups in total. The average Bonchev–Trinajstić information content (AvgIpc) is 1.98. The van der Waals surface area contributed by atoms with Gasteiger partial charge in [0.2, 0.25) is 0 Å². The van der Waals surface area contributed by atoms with Crippen molar-refractivity contribution >= 4 is 17.7 Å². The Morgan fingerprint density at radius 2 is 2.18 bits per heavy atom. The number of carboxylic acid groups (broad SMARTS) is 1. The summed E-state index contributed by atoms with van der Waals surface area (Å²) in [6, 6.07) is -0.912. The van der Waals surface area contributed by atoms with Gasteiger partial charge in [0.15, 0.2) is 0 Å². The van der Waals surface area contributed by atoms with Crippen LogP contribution in [0.4, 0.5) is 4.79 Å². The van der Waals surface area contributed by atoms with E-state index in [-0.39, 0.29) is 5.88 Å². The van der Waals surface area contributed by atoms with E-state index in [0.29, 0.717) is 0 Å². The lowest BCUT2D eigenvalue weighted by molar-refractivity contribution is 0.101. The highest BCUT2D eigenvalue weighted by atomic mass is 35.5. The smallest absolute Gasteiger partial charge is 0.405 e. The standard InChI is InChI=1S/C5H10ClNO4/c6-1-4(9)3(2-8)7-5(10)11/h3-4,7-9H,1-2H2,(H,10,11)/t3-,4+/m0/s1. The Bertz CT molecular complexity index is 132. The summed E-state index contributed by atoms with van der Waals surface area (Å²) in [4.78, 5) is 10.0. The Morgan fingerprint density at radius 1 is 1.64 bits per heavy atom. The Morgan fingerprint density at radius 3 is 2.45 bits per heavy atom. The number of hydrogen-bond acceptors (Lipinski definition) is 3. The maximum atomic E-state index is 10.0. The van der Waals surface area contributed by atoms with Crippen LogP contribution in [0.15, 0.2) is 0 Å². The Balaban J connectivity index is 3.84. The number of halogens is 1. The highest BCUT2D eigenvalue weighted by molar-refractivity contribution is 6.18. The van der Waals surface area contributed by atoms with Gasteiger partial charge in [-0.05, 0) is 0 Å². The van der Waals surface area contributed by atoms with Gasteiger partial charge in [-0.1, -0.05) is 0 Å². The fraction of sp³-hybridized carbons (Fsp3) is 0.800. The second kappa shape index (κ2) is 5.17. The van der Waals surface area contributed by atoms with Crippen LogP contribution in [-0.2, 0) is 0 Å². The molecule has 1 amide bonds. The van der Waals surface area contributed by atoms with Crippen LogP contribution in [0.2, 0.25) is 0 Å². The second-order valence-corrected chi connectivity index (χ2v) is 2.27. The van der Waals surface area contributed by atoms with Crippen molar-refractivity contribution in [2.24, 2.45) is 0 Å². The average molecular weight is 184 g/mol. The molecule has 0 aromatic heterocycles. The minimum Gasteiger partial charge on any atom is -0.465 e. The van der Waals surface area contributed by atoms with Crippen LogP contribution in [0.25, 0.3) is 0 Å². The van der Waals surface area contributed by atoms with Crippen molar-refractivity contribution < 1.29 is 20.1 Å². The number of rotatable bonds is 4. The number of hydrogen-bond donors (Lipinski definition) is 4. The molecule has 0 fully saturated rings. The van der Waals surface area contributed by atoms with Crippen molar-refractivity contribution in [1.29, 1.82) is 0 Å². The third-order valence-corrected chi connectivity index (χ3v) is 1.44.